The highest BCUT2D eigenvalue weighted by atomic mass is 19.1. The summed E-state index contributed by atoms with van der Waals surface area (Å²) in [6.07, 6.45) is 5.20. The fourth-order valence-electron chi connectivity index (χ4n) is 4.37. The first-order valence-electron chi connectivity index (χ1n) is 10.5. The molecule has 0 bridgehead atoms. The Morgan fingerprint density at radius 2 is 2.00 bits per heavy atom. The van der Waals surface area contributed by atoms with Gasteiger partial charge in [0.25, 0.3) is 0 Å². The van der Waals surface area contributed by atoms with E-state index >= 15 is 0 Å². The lowest BCUT2D eigenvalue weighted by atomic mass is 10.0. The summed E-state index contributed by atoms with van der Waals surface area (Å²) in [6, 6.07) is 6.06. The molecule has 1 aromatic rings. The van der Waals surface area contributed by atoms with Crippen LogP contribution >= 0.6 is 0 Å². The molecule has 3 rings (SSSR count). The van der Waals surface area contributed by atoms with Gasteiger partial charge in [-0.1, -0.05) is 38.1 Å². The molecular weight excluding hydrogens is 383 g/mol. The van der Waals surface area contributed by atoms with Crippen molar-refractivity contribution in [2.24, 2.45) is 17.3 Å². The monoisotopic (exact) mass is 414 g/mol. The van der Waals surface area contributed by atoms with Gasteiger partial charge in [0, 0.05) is 0 Å². The van der Waals surface area contributed by atoms with Crippen LogP contribution in [0.15, 0.2) is 42.8 Å². The van der Waals surface area contributed by atoms with Crippen molar-refractivity contribution in [3.05, 3.63) is 59.4 Å². The van der Waals surface area contributed by atoms with E-state index in [1.807, 2.05) is 32.1 Å². The number of ether oxygens (including phenoxy) is 2. The molecular formula is C25H31FO4. The molecule has 1 fully saturated rings. The standard InChI is InChI=1S/C25H31FO4/c1-7-9-15-10-8-11-17-16(15)12-13-20(17)29-23(28)21-18(25(21,5)6)14-19(26)22(27)30-24(2,3)4/h7-8,10-11,14,18,20-21H,1,9,12-13H2,2-6H3/b19-14+/t18-,20+,21-/m0/s1. The van der Waals surface area contributed by atoms with Crippen LogP contribution < -0.4 is 0 Å². The largest absolute Gasteiger partial charge is 0.457 e. The van der Waals surface area contributed by atoms with E-state index in [9.17, 15) is 14.0 Å². The molecule has 30 heavy (non-hydrogen) atoms. The third-order valence-electron chi connectivity index (χ3n) is 6.02. The summed E-state index contributed by atoms with van der Waals surface area (Å²) in [5.74, 6) is -3.18. The zero-order chi connectivity index (χ0) is 22.3. The van der Waals surface area contributed by atoms with Crippen molar-refractivity contribution in [1.82, 2.24) is 0 Å². The van der Waals surface area contributed by atoms with Crippen LogP contribution in [-0.2, 0) is 31.9 Å². The number of rotatable bonds is 6. The molecule has 0 unspecified atom stereocenters. The Kier molecular flexibility index (Phi) is 5.94. The highest BCUT2D eigenvalue weighted by Crippen LogP contribution is 2.60. The van der Waals surface area contributed by atoms with Crippen LogP contribution in [0.25, 0.3) is 0 Å². The second-order valence-electron chi connectivity index (χ2n) is 9.78. The van der Waals surface area contributed by atoms with Crippen LogP contribution in [0, 0.1) is 17.3 Å². The first-order valence-corrected chi connectivity index (χ1v) is 10.5. The lowest BCUT2D eigenvalue weighted by molar-refractivity contribution is -0.153. The number of fused-ring (bicyclic) bond motifs is 1. The summed E-state index contributed by atoms with van der Waals surface area (Å²) in [5, 5.41) is 0. The van der Waals surface area contributed by atoms with Gasteiger partial charge in [0.2, 0.25) is 5.83 Å². The van der Waals surface area contributed by atoms with E-state index in [0.717, 1.165) is 24.8 Å². The van der Waals surface area contributed by atoms with Gasteiger partial charge >= 0.3 is 11.9 Å². The number of esters is 2. The van der Waals surface area contributed by atoms with Crippen LogP contribution in [0.4, 0.5) is 4.39 Å². The molecule has 0 radical (unpaired) electrons. The Morgan fingerprint density at radius 1 is 1.30 bits per heavy atom. The molecule has 3 atom stereocenters. The third-order valence-corrected chi connectivity index (χ3v) is 6.02. The minimum atomic E-state index is -1.00. The maximum atomic E-state index is 14.3. The van der Waals surface area contributed by atoms with E-state index in [4.69, 9.17) is 9.47 Å². The van der Waals surface area contributed by atoms with Crippen molar-refractivity contribution in [1.29, 1.82) is 0 Å². The van der Waals surface area contributed by atoms with Crippen molar-refractivity contribution in [3.63, 3.8) is 0 Å². The normalized spacial score (nSPS) is 24.7. The van der Waals surface area contributed by atoms with Crippen LogP contribution in [0.5, 0.6) is 0 Å². The van der Waals surface area contributed by atoms with Gasteiger partial charge in [-0.3, -0.25) is 4.79 Å². The third kappa shape index (κ3) is 4.50. The molecule has 0 spiro atoms. The maximum absolute atomic E-state index is 14.3. The quantitative estimate of drug-likeness (QED) is 0.355. The Morgan fingerprint density at radius 3 is 2.63 bits per heavy atom. The minimum absolute atomic E-state index is 0.283. The average Bonchev–Trinajstić information content (AvgIpc) is 2.96. The molecule has 5 heteroatoms. The second kappa shape index (κ2) is 8.01. The number of benzene rings is 1. The maximum Gasteiger partial charge on any atom is 0.367 e. The van der Waals surface area contributed by atoms with Gasteiger partial charge in [-0.15, -0.1) is 6.58 Å². The van der Waals surface area contributed by atoms with Crippen LogP contribution in [0.3, 0.4) is 0 Å². The Balaban J connectivity index is 1.69. The zero-order valence-electron chi connectivity index (χ0n) is 18.5. The summed E-state index contributed by atoms with van der Waals surface area (Å²) in [5.41, 5.74) is 2.25. The number of hydrogen-bond donors (Lipinski definition) is 0. The summed E-state index contributed by atoms with van der Waals surface area (Å²) in [6.45, 7) is 12.6. The van der Waals surface area contributed by atoms with Gasteiger partial charge in [0.05, 0.1) is 5.92 Å². The van der Waals surface area contributed by atoms with Crippen molar-refractivity contribution < 1.29 is 23.5 Å². The fraction of sp³-hybridized carbons (Fsp3) is 0.520. The Hall–Kier alpha value is -2.43. The zero-order valence-corrected chi connectivity index (χ0v) is 18.5. The van der Waals surface area contributed by atoms with Gasteiger partial charge in [-0.05, 0) is 74.1 Å². The summed E-state index contributed by atoms with van der Waals surface area (Å²) in [7, 11) is 0. The topological polar surface area (TPSA) is 52.6 Å². The molecule has 0 amide bonds. The second-order valence-corrected chi connectivity index (χ2v) is 9.78. The van der Waals surface area contributed by atoms with Crippen LogP contribution in [-0.4, -0.2) is 17.5 Å². The van der Waals surface area contributed by atoms with E-state index in [1.165, 1.54) is 17.2 Å². The lowest BCUT2D eigenvalue weighted by Gasteiger charge is -2.18. The Labute approximate surface area is 178 Å². The van der Waals surface area contributed by atoms with Crippen molar-refractivity contribution in [2.75, 3.05) is 0 Å². The van der Waals surface area contributed by atoms with Gasteiger partial charge in [0.1, 0.15) is 11.7 Å². The van der Waals surface area contributed by atoms with Crippen molar-refractivity contribution in [2.45, 2.75) is 65.6 Å². The number of halogens is 1. The molecule has 0 heterocycles. The number of carbonyl (C=O) groups is 2. The predicted octanol–water partition coefficient (Wildman–Crippen LogP) is 5.41. The molecule has 0 aromatic heterocycles. The predicted molar refractivity (Wildman–Crippen MR) is 113 cm³/mol. The molecule has 0 aliphatic heterocycles. The van der Waals surface area contributed by atoms with Crippen molar-refractivity contribution >= 4 is 11.9 Å². The Bertz CT molecular complexity index is 891. The summed E-state index contributed by atoms with van der Waals surface area (Å²) in [4.78, 5) is 24.8. The summed E-state index contributed by atoms with van der Waals surface area (Å²) >= 11 is 0. The highest BCUT2D eigenvalue weighted by molar-refractivity contribution is 5.87. The molecule has 2 aliphatic rings. The van der Waals surface area contributed by atoms with Gasteiger partial charge in [-0.25, -0.2) is 4.79 Å². The van der Waals surface area contributed by atoms with Gasteiger partial charge in [0.15, 0.2) is 0 Å². The minimum Gasteiger partial charge on any atom is -0.457 e. The number of hydrogen-bond acceptors (Lipinski definition) is 4. The molecule has 162 valence electrons. The molecule has 1 aromatic carbocycles. The van der Waals surface area contributed by atoms with E-state index in [-0.39, 0.29) is 12.1 Å². The number of allylic oxidation sites excluding steroid dienone is 2. The summed E-state index contributed by atoms with van der Waals surface area (Å²) < 4.78 is 25.3. The average molecular weight is 415 g/mol. The molecule has 4 nitrogen and oxygen atoms in total. The van der Waals surface area contributed by atoms with Crippen molar-refractivity contribution in [3.8, 4) is 0 Å². The first-order chi connectivity index (χ1) is 14.0. The van der Waals surface area contributed by atoms with E-state index < -0.39 is 34.6 Å². The first kappa shape index (κ1) is 22.3. The lowest BCUT2D eigenvalue weighted by Crippen LogP contribution is -2.24. The van der Waals surface area contributed by atoms with Crippen LogP contribution in [0.2, 0.25) is 0 Å². The van der Waals surface area contributed by atoms with E-state index in [0.29, 0.717) is 0 Å². The fourth-order valence-corrected chi connectivity index (χ4v) is 4.37. The molecule has 1 saturated carbocycles. The van der Waals surface area contributed by atoms with Crippen LogP contribution in [0.1, 0.15) is 63.8 Å². The van der Waals surface area contributed by atoms with Gasteiger partial charge < -0.3 is 9.47 Å². The van der Waals surface area contributed by atoms with E-state index in [1.54, 1.807) is 20.8 Å². The molecule has 0 saturated heterocycles. The van der Waals surface area contributed by atoms with E-state index in [2.05, 4.69) is 12.6 Å². The number of carbonyl (C=O) groups excluding carboxylic acids is 2. The highest BCUT2D eigenvalue weighted by Gasteiger charge is 2.62. The SMILES string of the molecule is C=CCc1cccc2c1CC[C@H]2OC(=O)[C@@H]1[C@H](/C=C(/F)C(=O)OC(C)(C)C)C1(C)C. The molecule has 2 aliphatic carbocycles. The smallest absolute Gasteiger partial charge is 0.367 e. The van der Waals surface area contributed by atoms with Gasteiger partial charge in [-0.2, -0.15) is 4.39 Å². The molecule has 0 N–H and O–H groups in total.